The van der Waals surface area contributed by atoms with Gasteiger partial charge in [-0.05, 0) is 26.3 Å². The summed E-state index contributed by atoms with van der Waals surface area (Å²) in [6.07, 6.45) is 3.11. The Labute approximate surface area is 136 Å². The highest BCUT2D eigenvalue weighted by Crippen LogP contribution is 2.16. The summed E-state index contributed by atoms with van der Waals surface area (Å²) >= 11 is 0. The first-order valence-corrected chi connectivity index (χ1v) is 7.87. The first-order chi connectivity index (χ1) is 11.0. The van der Waals surface area contributed by atoms with Crippen molar-refractivity contribution in [3.63, 3.8) is 0 Å². The first kappa shape index (κ1) is 17.1. The lowest BCUT2D eigenvalue weighted by Crippen LogP contribution is -2.35. The molecular weight excluding hydrogens is 294 g/mol. The van der Waals surface area contributed by atoms with Gasteiger partial charge in [0.15, 0.2) is 0 Å². The lowest BCUT2D eigenvalue weighted by atomic mass is 10.1. The number of nitro groups is 1. The maximum absolute atomic E-state index is 12.6. The van der Waals surface area contributed by atoms with E-state index in [0.717, 1.165) is 26.1 Å². The maximum atomic E-state index is 12.6. The molecule has 1 saturated heterocycles. The lowest BCUT2D eigenvalue weighted by molar-refractivity contribution is -0.384. The molecule has 1 aromatic carbocycles. The van der Waals surface area contributed by atoms with E-state index in [9.17, 15) is 14.9 Å². The average molecular weight is 317 g/mol. The molecule has 1 heterocycles. The molecule has 0 atom stereocenters. The minimum absolute atomic E-state index is 0.0455. The van der Waals surface area contributed by atoms with Crippen LogP contribution < -0.4 is 0 Å². The highest BCUT2D eigenvalue weighted by atomic mass is 16.6. The zero-order valence-electron chi connectivity index (χ0n) is 13.7. The van der Waals surface area contributed by atoms with E-state index < -0.39 is 4.92 Å². The molecule has 0 aromatic heterocycles. The summed E-state index contributed by atoms with van der Waals surface area (Å²) in [5.74, 6) is -0.127. The molecule has 6 nitrogen and oxygen atoms in total. The lowest BCUT2D eigenvalue weighted by Gasteiger charge is -2.21. The maximum Gasteiger partial charge on any atom is 0.270 e. The molecule has 1 aromatic rings. The Balaban J connectivity index is 2.02. The third-order valence-electron chi connectivity index (χ3n) is 3.94. The smallest absolute Gasteiger partial charge is 0.270 e. The molecule has 0 bridgehead atoms. The molecule has 23 heavy (non-hydrogen) atoms. The Hall–Kier alpha value is -2.21. The van der Waals surface area contributed by atoms with Gasteiger partial charge in [-0.25, -0.2) is 0 Å². The van der Waals surface area contributed by atoms with Gasteiger partial charge in [0, 0.05) is 50.4 Å². The van der Waals surface area contributed by atoms with Crippen LogP contribution in [0, 0.1) is 10.1 Å². The van der Waals surface area contributed by atoms with Crippen molar-refractivity contribution in [1.29, 1.82) is 0 Å². The van der Waals surface area contributed by atoms with Gasteiger partial charge in [0.05, 0.1) is 4.92 Å². The van der Waals surface area contributed by atoms with Crippen molar-refractivity contribution < 1.29 is 9.72 Å². The number of nitrogens with zero attached hydrogens (tertiary/aromatic N) is 3. The van der Waals surface area contributed by atoms with Crippen LogP contribution in [0.1, 0.15) is 30.6 Å². The monoisotopic (exact) mass is 317 g/mol. The van der Waals surface area contributed by atoms with Gasteiger partial charge < -0.3 is 4.90 Å². The van der Waals surface area contributed by atoms with Gasteiger partial charge >= 0.3 is 0 Å². The van der Waals surface area contributed by atoms with E-state index in [1.165, 1.54) is 17.7 Å². The SMILES string of the molecule is CC(C)=CCN1CCCN(C(=O)c2cccc([N+](=O)[O-])c2)CC1. The van der Waals surface area contributed by atoms with Gasteiger partial charge in [-0.3, -0.25) is 19.8 Å². The number of amides is 1. The van der Waals surface area contributed by atoms with Crippen LogP contribution in [0.25, 0.3) is 0 Å². The summed E-state index contributed by atoms with van der Waals surface area (Å²) in [6.45, 7) is 8.19. The normalized spacial score (nSPS) is 15.8. The van der Waals surface area contributed by atoms with Crippen LogP contribution in [0.3, 0.4) is 0 Å². The summed E-state index contributed by atoms with van der Waals surface area (Å²) in [5.41, 5.74) is 1.63. The quantitative estimate of drug-likeness (QED) is 0.486. The molecule has 0 unspecified atom stereocenters. The van der Waals surface area contributed by atoms with Gasteiger partial charge in [-0.15, -0.1) is 0 Å². The molecule has 124 valence electrons. The Bertz CT molecular complexity index is 609. The molecule has 0 saturated carbocycles. The van der Waals surface area contributed by atoms with Gasteiger partial charge in [-0.1, -0.05) is 17.7 Å². The zero-order chi connectivity index (χ0) is 16.8. The fraction of sp³-hybridized carbons (Fsp3) is 0.471. The predicted molar refractivity (Wildman–Crippen MR) is 89.5 cm³/mol. The minimum atomic E-state index is -0.472. The van der Waals surface area contributed by atoms with Gasteiger partial charge in [0.2, 0.25) is 0 Å². The topological polar surface area (TPSA) is 66.7 Å². The minimum Gasteiger partial charge on any atom is -0.337 e. The fourth-order valence-corrected chi connectivity index (χ4v) is 2.60. The van der Waals surface area contributed by atoms with Crippen LogP contribution in [0.15, 0.2) is 35.9 Å². The molecular formula is C17H23N3O3. The molecule has 0 N–H and O–H groups in total. The van der Waals surface area contributed by atoms with Crippen molar-refractivity contribution in [3.05, 3.63) is 51.6 Å². The standard InChI is InChI=1S/C17H23N3O3/c1-14(2)7-10-18-8-4-9-19(12-11-18)17(21)15-5-3-6-16(13-15)20(22)23/h3,5-7,13H,4,8-12H2,1-2H3. The van der Waals surface area contributed by atoms with Crippen molar-refractivity contribution in [3.8, 4) is 0 Å². The second kappa shape index (κ2) is 7.87. The van der Waals surface area contributed by atoms with Crippen LogP contribution in [0.2, 0.25) is 0 Å². The van der Waals surface area contributed by atoms with E-state index in [2.05, 4.69) is 24.8 Å². The molecule has 1 aliphatic rings. The molecule has 0 radical (unpaired) electrons. The fourth-order valence-electron chi connectivity index (χ4n) is 2.60. The van der Waals surface area contributed by atoms with Crippen LogP contribution in [0.4, 0.5) is 5.69 Å². The number of allylic oxidation sites excluding steroid dienone is 1. The average Bonchev–Trinajstić information content (AvgIpc) is 2.78. The highest BCUT2D eigenvalue weighted by Gasteiger charge is 2.21. The Morgan fingerprint density at radius 2 is 2.04 bits per heavy atom. The molecule has 1 fully saturated rings. The number of hydrogen-bond donors (Lipinski definition) is 0. The van der Waals surface area contributed by atoms with Crippen molar-refractivity contribution in [2.45, 2.75) is 20.3 Å². The van der Waals surface area contributed by atoms with E-state index in [1.54, 1.807) is 17.0 Å². The van der Waals surface area contributed by atoms with E-state index in [-0.39, 0.29) is 11.6 Å². The van der Waals surface area contributed by atoms with Gasteiger partial charge in [-0.2, -0.15) is 0 Å². The summed E-state index contributed by atoms with van der Waals surface area (Å²) in [5, 5.41) is 10.8. The Morgan fingerprint density at radius 1 is 1.26 bits per heavy atom. The second-order valence-corrected chi connectivity index (χ2v) is 6.04. The number of nitro benzene ring substituents is 1. The van der Waals surface area contributed by atoms with Crippen LogP contribution in [-0.2, 0) is 0 Å². The van der Waals surface area contributed by atoms with Crippen LogP contribution in [0.5, 0.6) is 0 Å². The number of carbonyl (C=O) groups is 1. The molecule has 6 heteroatoms. The van der Waals surface area contributed by atoms with Crippen molar-refractivity contribution in [2.75, 3.05) is 32.7 Å². The van der Waals surface area contributed by atoms with Gasteiger partial charge in [0.25, 0.3) is 11.6 Å². The van der Waals surface area contributed by atoms with E-state index in [1.807, 2.05) is 0 Å². The number of hydrogen-bond acceptors (Lipinski definition) is 4. The number of benzene rings is 1. The molecule has 1 amide bonds. The van der Waals surface area contributed by atoms with Crippen molar-refractivity contribution in [1.82, 2.24) is 9.80 Å². The largest absolute Gasteiger partial charge is 0.337 e. The summed E-state index contributed by atoms with van der Waals surface area (Å²) in [4.78, 5) is 27.1. The highest BCUT2D eigenvalue weighted by molar-refractivity contribution is 5.94. The van der Waals surface area contributed by atoms with Gasteiger partial charge in [0.1, 0.15) is 0 Å². The van der Waals surface area contributed by atoms with E-state index >= 15 is 0 Å². The zero-order valence-corrected chi connectivity index (χ0v) is 13.7. The third-order valence-corrected chi connectivity index (χ3v) is 3.94. The van der Waals surface area contributed by atoms with Crippen LogP contribution in [-0.4, -0.2) is 53.4 Å². The van der Waals surface area contributed by atoms with E-state index in [0.29, 0.717) is 18.7 Å². The van der Waals surface area contributed by atoms with Crippen molar-refractivity contribution >= 4 is 11.6 Å². The number of carbonyl (C=O) groups excluding carboxylic acids is 1. The van der Waals surface area contributed by atoms with Crippen molar-refractivity contribution in [2.24, 2.45) is 0 Å². The summed E-state index contributed by atoms with van der Waals surface area (Å²) in [7, 11) is 0. The summed E-state index contributed by atoms with van der Waals surface area (Å²) < 4.78 is 0. The van der Waals surface area contributed by atoms with Crippen LogP contribution >= 0.6 is 0 Å². The molecule has 0 aliphatic carbocycles. The molecule has 1 aliphatic heterocycles. The third kappa shape index (κ3) is 4.89. The number of non-ortho nitro benzene ring substituents is 1. The molecule has 0 spiro atoms. The predicted octanol–water partition coefficient (Wildman–Crippen LogP) is 2.71. The molecule has 2 rings (SSSR count). The van der Waals surface area contributed by atoms with E-state index in [4.69, 9.17) is 0 Å². The summed E-state index contributed by atoms with van der Waals surface area (Å²) in [6, 6.07) is 5.96. The second-order valence-electron chi connectivity index (χ2n) is 6.04. The Morgan fingerprint density at radius 3 is 2.74 bits per heavy atom. The first-order valence-electron chi connectivity index (χ1n) is 7.87. The Kier molecular flexibility index (Phi) is 5.87. The number of rotatable bonds is 4.